The van der Waals surface area contributed by atoms with E-state index in [4.69, 9.17) is 21.1 Å². The topological polar surface area (TPSA) is 56.5 Å². The Balaban J connectivity index is 1.84. The summed E-state index contributed by atoms with van der Waals surface area (Å²) < 4.78 is 13.7. The smallest absolute Gasteiger partial charge is 0.199 e. The number of halogens is 1. The number of nitrogens with zero attached hydrogens (tertiary/aromatic N) is 2. The van der Waals surface area contributed by atoms with E-state index < -0.39 is 5.60 Å². The zero-order valence-corrected chi connectivity index (χ0v) is 16.5. The van der Waals surface area contributed by atoms with Crippen molar-refractivity contribution in [1.29, 1.82) is 0 Å². The van der Waals surface area contributed by atoms with Gasteiger partial charge in [-0.1, -0.05) is 41.9 Å². The summed E-state index contributed by atoms with van der Waals surface area (Å²) in [5, 5.41) is 12.7. The number of aromatic nitrogens is 2. The lowest BCUT2D eigenvalue weighted by Crippen LogP contribution is -2.34. The number of hydrogen-bond donors (Lipinski definition) is 1. The average molecular weight is 399 g/mol. The van der Waals surface area contributed by atoms with Crippen LogP contribution in [0.1, 0.15) is 36.2 Å². The first kappa shape index (κ1) is 19.0. The van der Waals surface area contributed by atoms with Gasteiger partial charge in [-0.25, -0.2) is 4.98 Å². The van der Waals surface area contributed by atoms with Gasteiger partial charge in [0.2, 0.25) is 0 Å². The molecule has 0 spiro atoms. The molecule has 3 aromatic rings. The van der Waals surface area contributed by atoms with Crippen molar-refractivity contribution in [3.8, 4) is 5.75 Å². The maximum Gasteiger partial charge on any atom is 0.199 e. The van der Waals surface area contributed by atoms with Gasteiger partial charge in [-0.3, -0.25) is 0 Å². The lowest BCUT2D eigenvalue weighted by atomic mass is 9.84. The van der Waals surface area contributed by atoms with Crippen molar-refractivity contribution in [3.63, 3.8) is 0 Å². The van der Waals surface area contributed by atoms with Crippen molar-refractivity contribution in [2.45, 2.75) is 31.2 Å². The van der Waals surface area contributed by atoms with Crippen molar-refractivity contribution in [3.05, 3.63) is 82.9 Å². The van der Waals surface area contributed by atoms with Gasteiger partial charge in [-0.15, -0.1) is 0 Å². The van der Waals surface area contributed by atoms with Gasteiger partial charge in [0.05, 0.1) is 6.61 Å². The van der Waals surface area contributed by atoms with E-state index >= 15 is 0 Å². The second-order valence-corrected chi connectivity index (χ2v) is 7.43. The van der Waals surface area contributed by atoms with Crippen molar-refractivity contribution < 1.29 is 14.6 Å². The third kappa shape index (κ3) is 3.53. The number of hydrogen-bond acceptors (Lipinski definition) is 4. The molecule has 0 radical (unpaired) electrons. The van der Waals surface area contributed by atoms with Crippen LogP contribution in [0.4, 0.5) is 0 Å². The summed E-state index contributed by atoms with van der Waals surface area (Å²) >= 11 is 6.08. The third-order valence-electron chi connectivity index (χ3n) is 5.08. The monoisotopic (exact) mass is 398 g/mol. The Hall–Kier alpha value is -2.34. The minimum atomic E-state index is -1.51. The number of benzene rings is 2. The zero-order valence-electron chi connectivity index (χ0n) is 15.7. The summed E-state index contributed by atoms with van der Waals surface area (Å²) in [7, 11) is 1.86. The van der Waals surface area contributed by atoms with Crippen LogP contribution in [0, 0.1) is 0 Å². The number of aryl methyl sites for hydroxylation is 1. The number of para-hydroxylation sites is 1. The van der Waals surface area contributed by atoms with E-state index in [-0.39, 0.29) is 6.29 Å². The molecule has 2 heterocycles. The second-order valence-electron chi connectivity index (χ2n) is 6.99. The zero-order chi connectivity index (χ0) is 19.6. The first-order valence-corrected chi connectivity index (χ1v) is 9.81. The van der Waals surface area contributed by atoms with Crippen LogP contribution in [-0.2, 0) is 17.4 Å². The molecule has 1 fully saturated rings. The molecule has 146 valence electrons. The minimum Gasteiger partial charge on any atom is -0.465 e. The lowest BCUT2D eigenvalue weighted by molar-refractivity contribution is -0.107. The molecule has 1 aromatic heterocycles. The van der Waals surface area contributed by atoms with Gasteiger partial charge in [0, 0.05) is 36.4 Å². The molecule has 5 nitrogen and oxygen atoms in total. The van der Waals surface area contributed by atoms with Crippen LogP contribution in [0.2, 0.25) is 5.02 Å². The maximum atomic E-state index is 12.0. The molecule has 0 aliphatic carbocycles. The highest BCUT2D eigenvalue weighted by molar-refractivity contribution is 6.30. The van der Waals surface area contributed by atoms with Gasteiger partial charge in [0.1, 0.15) is 11.6 Å². The third-order valence-corrected chi connectivity index (χ3v) is 5.33. The quantitative estimate of drug-likeness (QED) is 0.697. The van der Waals surface area contributed by atoms with E-state index in [0.29, 0.717) is 34.3 Å². The van der Waals surface area contributed by atoms with Gasteiger partial charge in [0.15, 0.2) is 11.9 Å². The van der Waals surface area contributed by atoms with Gasteiger partial charge < -0.3 is 19.1 Å². The summed E-state index contributed by atoms with van der Waals surface area (Å²) in [5.41, 5.74) is -0.235. The molecule has 2 atom stereocenters. The molecule has 1 aliphatic rings. The summed E-state index contributed by atoms with van der Waals surface area (Å²) in [4.78, 5) is 4.44. The molecular weight excluding hydrogens is 376 g/mol. The van der Waals surface area contributed by atoms with Crippen molar-refractivity contribution >= 4 is 11.6 Å². The Morgan fingerprint density at radius 2 is 1.96 bits per heavy atom. The van der Waals surface area contributed by atoms with Crippen molar-refractivity contribution in [2.24, 2.45) is 7.05 Å². The molecule has 28 heavy (non-hydrogen) atoms. The van der Waals surface area contributed by atoms with Crippen LogP contribution in [0.25, 0.3) is 0 Å². The molecule has 4 rings (SSSR count). The summed E-state index contributed by atoms with van der Waals surface area (Å²) in [6, 6.07) is 14.6. The van der Waals surface area contributed by atoms with Crippen molar-refractivity contribution in [2.75, 3.05) is 6.61 Å². The van der Waals surface area contributed by atoms with Gasteiger partial charge in [0.25, 0.3) is 0 Å². The second kappa shape index (κ2) is 7.95. The molecule has 0 unspecified atom stereocenters. The van der Waals surface area contributed by atoms with E-state index in [1.165, 1.54) is 0 Å². The highest BCUT2D eigenvalue weighted by atomic mass is 35.5. The minimum absolute atomic E-state index is 0.314. The van der Waals surface area contributed by atoms with Gasteiger partial charge >= 0.3 is 0 Å². The Morgan fingerprint density at radius 1 is 1.18 bits per heavy atom. The fourth-order valence-corrected chi connectivity index (χ4v) is 3.75. The van der Waals surface area contributed by atoms with Crippen molar-refractivity contribution in [1.82, 2.24) is 9.55 Å². The van der Waals surface area contributed by atoms with E-state index in [1.54, 1.807) is 18.3 Å². The highest BCUT2D eigenvalue weighted by Crippen LogP contribution is 2.41. The first-order chi connectivity index (χ1) is 13.6. The molecule has 0 saturated carbocycles. The van der Waals surface area contributed by atoms with Gasteiger partial charge in [-0.2, -0.15) is 0 Å². The SMILES string of the molecule is Cn1ccnc1[C@@](O)(c1ccc(Cl)cc1)c1ccccc1O[C@H]1CCCCO1. The molecule has 2 aromatic carbocycles. The highest BCUT2D eigenvalue weighted by Gasteiger charge is 2.40. The standard InChI is InChI=1S/C22H23ClN2O3/c1-25-14-13-24-21(25)22(26,16-9-11-17(23)12-10-16)18-6-2-3-7-19(18)28-20-8-4-5-15-27-20/h2-3,6-7,9-14,20,26H,4-5,8,15H2,1H3/t20-,22+/m0/s1. The lowest BCUT2D eigenvalue weighted by Gasteiger charge is -2.32. The average Bonchev–Trinajstić information content (AvgIpc) is 3.16. The van der Waals surface area contributed by atoms with Crippen LogP contribution >= 0.6 is 11.6 Å². The number of aliphatic hydroxyl groups is 1. The molecule has 1 N–H and O–H groups in total. The summed E-state index contributed by atoms with van der Waals surface area (Å²) in [6.45, 7) is 0.688. The van der Waals surface area contributed by atoms with Gasteiger partial charge in [-0.05, 0) is 36.6 Å². The number of ether oxygens (including phenoxy) is 2. The van der Waals surface area contributed by atoms with E-state index in [0.717, 1.165) is 19.3 Å². The Labute approximate surface area is 169 Å². The Kier molecular flexibility index (Phi) is 5.40. The largest absolute Gasteiger partial charge is 0.465 e. The summed E-state index contributed by atoms with van der Waals surface area (Å²) in [6.07, 6.45) is 6.10. The molecule has 0 amide bonds. The maximum absolute atomic E-state index is 12.0. The Morgan fingerprint density at radius 3 is 2.64 bits per heavy atom. The number of rotatable bonds is 5. The predicted molar refractivity (Wildman–Crippen MR) is 107 cm³/mol. The van der Waals surface area contributed by atoms with Crippen LogP contribution < -0.4 is 4.74 Å². The van der Waals surface area contributed by atoms with E-state index in [2.05, 4.69) is 4.98 Å². The molecule has 1 saturated heterocycles. The normalized spacial score (nSPS) is 19.2. The van der Waals surface area contributed by atoms with Crippen LogP contribution in [0.15, 0.2) is 60.9 Å². The molecule has 6 heteroatoms. The van der Waals surface area contributed by atoms with Crippen LogP contribution in [0.5, 0.6) is 5.75 Å². The molecular formula is C22H23ClN2O3. The summed E-state index contributed by atoms with van der Waals surface area (Å²) in [5.74, 6) is 1.07. The fourth-order valence-electron chi connectivity index (χ4n) is 3.62. The predicted octanol–water partition coefficient (Wildman–Crippen LogP) is 4.26. The van der Waals surface area contributed by atoms with Crippen LogP contribution in [0.3, 0.4) is 0 Å². The van der Waals surface area contributed by atoms with Crippen LogP contribution in [-0.4, -0.2) is 27.6 Å². The van der Waals surface area contributed by atoms with E-state index in [1.807, 2.05) is 54.2 Å². The first-order valence-electron chi connectivity index (χ1n) is 9.43. The van der Waals surface area contributed by atoms with E-state index in [9.17, 15) is 5.11 Å². The molecule has 1 aliphatic heterocycles. The Bertz CT molecular complexity index is 935. The molecule has 0 bridgehead atoms. The number of imidazole rings is 1. The fraction of sp³-hybridized carbons (Fsp3) is 0.318.